The van der Waals surface area contributed by atoms with E-state index in [9.17, 15) is 0 Å². The molecule has 2 aliphatic rings. The van der Waals surface area contributed by atoms with Gasteiger partial charge in [-0.05, 0) is 47.9 Å². The molecule has 1 unspecified atom stereocenters. The van der Waals surface area contributed by atoms with Crippen LogP contribution in [0, 0.1) is 0 Å². The van der Waals surface area contributed by atoms with Gasteiger partial charge in [-0.25, -0.2) is 4.68 Å². The van der Waals surface area contributed by atoms with Crippen LogP contribution in [-0.4, -0.2) is 82.6 Å². The molecular weight excluding hydrogens is 392 g/mol. The van der Waals surface area contributed by atoms with Gasteiger partial charge in [0.05, 0.1) is 25.8 Å². The molecule has 2 fully saturated rings. The van der Waals surface area contributed by atoms with Gasteiger partial charge in [-0.15, -0.1) is 5.10 Å². The average Bonchev–Trinajstić information content (AvgIpc) is 3.28. The fraction of sp³-hybridized carbons (Fsp3) is 0.696. The van der Waals surface area contributed by atoms with Crippen molar-refractivity contribution < 1.29 is 9.47 Å². The number of hydrogen-bond acceptors (Lipinski definition) is 7. The Hall–Kier alpha value is -2.03. The van der Waals surface area contributed by atoms with E-state index in [0.29, 0.717) is 19.8 Å². The Morgan fingerprint density at radius 3 is 2.45 bits per heavy atom. The molecule has 1 atom stereocenters. The summed E-state index contributed by atoms with van der Waals surface area (Å²) < 4.78 is 12.8. The molecule has 8 nitrogen and oxygen atoms in total. The van der Waals surface area contributed by atoms with E-state index in [-0.39, 0.29) is 6.04 Å². The van der Waals surface area contributed by atoms with Crippen LogP contribution in [0.2, 0.25) is 0 Å². The van der Waals surface area contributed by atoms with Crippen LogP contribution in [0.3, 0.4) is 0 Å². The molecule has 4 rings (SSSR count). The highest BCUT2D eigenvalue weighted by atomic mass is 16.5. The molecule has 31 heavy (non-hydrogen) atoms. The second-order valence-electron chi connectivity index (χ2n) is 8.52. The van der Waals surface area contributed by atoms with E-state index in [4.69, 9.17) is 9.47 Å². The molecule has 8 heteroatoms. The fourth-order valence-corrected chi connectivity index (χ4v) is 4.99. The number of piperazine rings is 1. The van der Waals surface area contributed by atoms with Crippen molar-refractivity contribution in [3.8, 4) is 5.75 Å². The molecule has 1 saturated carbocycles. The zero-order valence-corrected chi connectivity index (χ0v) is 18.9. The Labute approximate surface area is 185 Å². The molecule has 170 valence electrons. The van der Waals surface area contributed by atoms with E-state index in [1.165, 1.54) is 37.7 Å². The number of ether oxygens (including phenoxy) is 2. The quantitative estimate of drug-likeness (QED) is 0.608. The molecule has 2 heterocycles. The molecule has 1 aliphatic carbocycles. The third-order valence-electron chi connectivity index (χ3n) is 6.62. The molecule has 0 amide bonds. The van der Waals surface area contributed by atoms with E-state index in [1.807, 2.05) is 23.7 Å². The minimum Gasteiger partial charge on any atom is -0.494 e. The molecule has 1 aromatic carbocycles. The van der Waals surface area contributed by atoms with Crippen LogP contribution < -0.4 is 4.74 Å². The van der Waals surface area contributed by atoms with E-state index >= 15 is 0 Å². The van der Waals surface area contributed by atoms with Crippen LogP contribution in [-0.2, 0) is 11.3 Å². The van der Waals surface area contributed by atoms with Gasteiger partial charge in [0, 0.05) is 39.3 Å². The maximum absolute atomic E-state index is 5.65. The van der Waals surface area contributed by atoms with Crippen molar-refractivity contribution in [3.05, 3.63) is 35.7 Å². The number of benzene rings is 1. The highest BCUT2D eigenvalue weighted by molar-refractivity contribution is 5.32. The summed E-state index contributed by atoms with van der Waals surface area (Å²) in [4.78, 5) is 5.24. The number of methoxy groups -OCH3 is 1. The first-order valence-corrected chi connectivity index (χ1v) is 11.8. The van der Waals surface area contributed by atoms with Gasteiger partial charge < -0.3 is 9.47 Å². The topological polar surface area (TPSA) is 68.5 Å². The number of rotatable bonds is 9. The van der Waals surface area contributed by atoms with E-state index in [2.05, 4.69) is 37.5 Å². The number of tetrazole rings is 1. The first-order valence-electron chi connectivity index (χ1n) is 11.8. The van der Waals surface area contributed by atoms with Crippen molar-refractivity contribution in [2.75, 3.05) is 46.5 Å². The molecule has 2 aromatic rings. The summed E-state index contributed by atoms with van der Waals surface area (Å²) in [6.45, 7) is 8.16. The predicted molar refractivity (Wildman–Crippen MR) is 119 cm³/mol. The number of aromatic nitrogens is 4. The lowest BCUT2D eigenvalue weighted by Gasteiger charge is -2.43. The minimum atomic E-state index is 0.0241. The highest BCUT2D eigenvalue weighted by Gasteiger charge is 2.32. The summed E-state index contributed by atoms with van der Waals surface area (Å²) in [5.41, 5.74) is 1.20. The zero-order valence-electron chi connectivity index (χ0n) is 18.9. The van der Waals surface area contributed by atoms with E-state index < -0.39 is 0 Å². The van der Waals surface area contributed by atoms with Gasteiger partial charge in [0.1, 0.15) is 5.75 Å². The summed E-state index contributed by atoms with van der Waals surface area (Å²) in [6, 6.07) is 9.19. The average molecular weight is 429 g/mol. The molecule has 1 aliphatic heterocycles. The summed E-state index contributed by atoms with van der Waals surface area (Å²) in [6.07, 6.45) is 6.89. The zero-order chi connectivity index (χ0) is 21.5. The molecular formula is C23H36N6O2. The monoisotopic (exact) mass is 428 g/mol. The van der Waals surface area contributed by atoms with Crippen LogP contribution >= 0.6 is 0 Å². The van der Waals surface area contributed by atoms with Gasteiger partial charge in [-0.3, -0.25) is 9.80 Å². The Balaban J connectivity index is 1.53. The Morgan fingerprint density at radius 1 is 1.03 bits per heavy atom. The second-order valence-corrected chi connectivity index (χ2v) is 8.52. The standard InChI is InChI=1S/C23H36N6O2/c1-3-31-21-11-9-19(10-12-21)22(23-24-25-26-29(23)17-18-30-2)28-15-13-27(14-16-28)20-7-5-4-6-8-20/h9-12,20,22H,3-8,13-18H2,1-2H3. The normalized spacial score (nSPS) is 20.1. The lowest BCUT2D eigenvalue weighted by molar-refractivity contribution is 0.0615. The molecule has 1 aromatic heterocycles. The third-order valence-corrected chi connectivity index (χ3v) is 6.62. The minimum absolute atomic E-state index is 0.0241. The SMILES string of the molecule is CCOc1ccc(C(c2nnnn2CCOC)N2CCN(C3CCCCC3)CC2)cc1. The molecule has 0 N–H and O–H groups in total. The summed E-state index contributed by atoms with van der Waals surface area (Å²) in [7, 11) is 1.71. The highest BCUT2D eigenvalue weighted by Crippen LogP contribution is 2.31. The summed E-state index contributed by atoms with van der Waals surface area (Å²) in [5.74, 6) is 1.78. The largest absolute Gasteiger partial charge is 0.494 e. The number of nitrogens with zero attached hydrogens (tertiary/aromatic N) is 6. The maximum Gasteiger partial charge on any atom is 0.173 e. The number of hydrogen-bond donors (Lipinski definition) is 0. The Bertz CT molecular complexity index is 782. The summed E-state index contributed by atoms with van der Waals surface area (Å²) >= 11 is 0. The van der Waals surface area contributed by atoms with Crippen LogP contribution in [0.4, 0.5) is 0 Å². The van der Waals surface area contributed by atoms with Crippen molar-refractivity contribution in [3.63, 3.8) is 0 Å². The van der Waals surface area contributed by atoms with Crippen LogP contribution in [0.15, 0.2) is 24.3 Å². The Kier molecular flexibility index (Phi) is 7.88. The third kappa shape index (κ3) is 5.42. The fourth-order valence-electron chi connectivity index (χ4n) is 4.99. The summed E-state index contributed by atoms with van der Waals surface area (Å²) in [5, 5.41) is 12.7. The molecule has 0 spiro atoms. The van der Waals surface area contributed by atoms with Gasteiger partial charge in [-0.1, -0.05) is 31.4 Å². The first kappa shape index (κ1) is 22.2. The van der Waals surface area contributed by atoms with Gasteiger partial charge in [0.2, 0.25) is 0 Å². The maximum atomic E-state index is 5.65. The molecule has 1 saturated heterocycles. The van der Waals surface area contributed by atoms with Crippen LogP contribution in [0.1, 0.15) is 56.5 Å². The molecule has 0 radical (unpaired) electrons. The Morgan fingerprint density at radius 2 is 1.77 bits per heavy atom. The second kappa shape index (κ2) is 11.0. The smallest absolute Gasteiger partial charge is 0.173 e. The van der Waals surface area contributed by atoms with Gasteiger partial charge in [0.25, 0.3) is 0 Å². The van der Waals surface area contributed by atoms with Crippen molar-refractivity contribution in [2.24, 2.45) is 0 Å². The van der Waals surface area contributed by atoms with Gasteiger partial charge in [0.15, 0.2) is 5.82 Å². The van der Waals surface area contributed by atoms with Crippen LogP contribution in [0.25, 0.3) is 0 Å². The lowest BCUT2D eigenvalue weighted by atomic mass is 9.93. The van der Waals surface area contributed by atoms with Crippen molar-refractivity contribution >= 4 is 0 Å². The predicted octanol–water partition coefficient (Wildman–Crippen LogP) is 2.76. The van der Waals surface area contributed by atoms with E-state index in [0.717, 1.165) is 43.8 Å². The van der Waals surface area contributed by atoms with Crippen molar-refractivity contribution in [2.45, 2.75) is 57.7 Å². The van der Waals surface area contributed by atoms with Crippen LogP contribution in [0.5, 0.6) is 5.75 Å². The van der Waals surface area contributed by atoms with Crippen molar-refractivity contribution in [1.29, 1.82) is 0 Å². The lowest BCUT2D eigenvalue weighted by Crippen LogP contribution is -2.52. The van der Waals surface area contributed by atoms with E-state index in [1.54, 1.807) is 7.11 Å². The first-order chi connectivity index (χ1) is 15.3. The van der Waals surface area contributed by atoms with Gasteiger partial charge in [-0.2, -0.15) is 0 Å². The van der Waals surface area contributed by atoms with Gasteiger partial charge >= 0.3 is 0 Å². The molecule has 0 bridgehead atoms. The van der Waals surface area contributed by atoms with Crippen molar-refractivity contribution in [1.82, 2.24) is 30.0 Å².